The molecule has 4 rings (SSSR count). The Balaban J connectivity index is 1.70. The van der Waals surface area contributed by atoms with Crippen molar-refractivity contribution in [2.24, 2.45) is 7.05 Å². The van der Waals surface area contributed by atoms with Gasteiger partial charge in [0.2, 0.25) is 11.8 Å². The van der Waals surface area contributed by atoms with Crippen molar-refractivity contribution >= 4 is 34.2 Å². The van der Waals surface area contributed by atoms with Crippen LogP contribution in [0, 0.1) is 13.8 Å². The van der Waals surface area contributed by atoms with Gasteiger partial charge in [-0.05, 0) is 43.2 Å². The third-order valence-electron chi connectivity index (χ3n) is 6.08. The maximum atomic E-state index is 13.5. The lowest BCUT2D eigenvalue weighted by Gasteiger charge is -2.36. The van der Waals surface area contributed by atoms with E-state index in [1.165, 1.54) is 18.5 Å². The van der Waals surface area contributed by atoms with Crippen molar-refractivity contribution in [2.75, 3.05) is 36.4 Å². The molecule has 0 aliphatic carbocycles. The summed E-state index contributed by atoms with van der Waals surface area (Å²) in [5.74, 6) is -0.456. The Kier molecular flexibility index (Phi) is 6.23. The molecule has 34 heavy (non-hydrogen) atoms. The second-order valence-electron chi connectivity index (χ2n) is 8.68. The molecule has 10 heteroatoms. The molecule has 0 atom stereocenters. The maximum Gasteiger partial charge on any atom is 0.332 e. The Hall–Kier alpha value is -3.95. The minimum absolute atomic E-state index is 0.0128. The number of carbonyl (C=O) groups is 2. The van der Waals surface area contributed by atoms with Crippen molar-refractivity contribution in [3.05, 3.63) is 62.4 Å². The van der Waals surface area contributed by atoms with E-state index in [1.807, 2.05) is 36.9 Å². The molecule has 1 saturated heterocycles. The standard InChI is InChI=1S/C24H28N6O4/c1-15-11-16(2)13-18(12-15)26-20(32)14-30-23(33)21-19(5-6-25-22(21)27(4)24(30)34)29-9-7-28(8-10-29)17(3)31/h5-6,11-13H,7-10,14H2,1-4H3,(H,26,32). The summed E-state index contributed by atoms with van der Waals surface area (Å²) in [5.41, 5.74) is 2.32. The quantitative estimate of drug-likeness (QED) is 0.618. The van der Waals surface area contributed by atoms with Crippen LogP contribution in [0.15, 0.2) is 40.1 Å². The molecule has 2 amide bonds. The number of anilines is 2. The van der Waals surface area contributed by atoms with E-state index in [0.717, 1.165) is 15.7 Å². The Morgan fingerprint density at radius 1 is 1.03 bits per heavy atom. The van der Waals surface area contributed by atoms with Gasteiger partial charge in [-0.3, -0.25) is 23.5 Å². The first-order valence-corrected chi connectivity index (χ1v) is 11.1. The Bertz CT molecular complexity index is 1380. The number of pyridine rings is 1. The second-order valence-corrected chi connectivity index (χ2v) is 8.68. The second kappa shape index (κ2) is 9.12. The van der Waals surface area contributed by atoms with Crippen LogP contribution in [0.4, 0.5) is 11.4 Å². The summed E-state index contributed by atoms with van der Waals surface area (Å²) in [5, 5.41) is 3.06. The molecule has 0 bridgehead atoms. The number of amides is 2. The van der Waals surface area contributed by atoms with Gasteiger partial charge in [0.25, 0.3) is 5.56 Å². The predicted molar refractivity (Wildman–Crippen MR) is 130 cm³/mol. The lowest BCUT2D eigenvalue weighted by atomic mass is 10.1. The Morgan fingerprint density at radius 3 is 2.29 bits per heavy atom. The van der Waals surface area contributed by atoms with Crippen molar-refractivity contribution in [2.45, 2.75) is 27.3 Å². The van der Waals surface area contributed by atoms with E-state index in [4.69, 9.17) is 0 Å². The largest absolute Gasteiger partial charge is 0.367 e. The van der Waals surface area contributed by atoms with Gasteiger partial charge in [-0.15, -0.1) is 0 Å². The normalized spacial score (nSPS) is 13.9. The van der Waals surface area contributed by atoms with E-state index in [0.29, 0.717) is 37.6 Å². The first-order chi connectivity index (χ1) is 16.2. The van der Waals surface area contributed by atoms with Gasteiger partial charge in [-0.1, -0.05) is 6.07 Å². The average molecular weight is 465 g/mol. The van der Waals surface area contributed by atoms with Crippen molar-refractivity contribution in [1.82, 2.24) is 19.0 Å². The zero-order valence-electron chi connectivity index (χ0n) is 19.8. The summed E-state index contributed by atoms with van der Waals surface area (Å²) >= 11 is 0. The van der Waals surface area contributed by atoms with E-state index >= 15 is 0 Å². The van der Waals surface area contributed by atoms with Crippen LogP contribution >= 0.6 is 0 Å². The number of aryl methyl sites for hydroxylation is 3. The molecule has 3 heterocycles. The number of hydrogen-bond donors (Lipinski definition) is 1. The number of benzene rings is 1. The number of aromatic nitrogens is 3. The third kappa shape index (κ3) is 4.43. The number of nitrogens with zero attached hydrogens (tertiary/aromatic N) is 5. The van der Waals surface area contributed by atoms with Crippen LogP contribution in [0.1, 0.15) is 18.1 Å². The zero-order valence-corrected chi connectivity index (χ0v) is 19.8. The van der Waals surface area contributed by atoms with E-state index in [-0.39, 0.29) is 16.9 Å². The minimum atomic E-state index is -0.612. The Labute approximate surface area is 196 Å². The number of carbonyl (C=O) groups excluding carboxylic acids is 2. The molecular formula is C24H28N6O4. The highest BCUT2D eigenvalue weighted by Gasteiger charge is 2.24. The third-order valence-corrected chi connectivity index (χ3v) is 6.08. The SMILES string of the molecule is CC(=O)N1CCN(c2ccnc3c2c(=O)n(CC(=O)Nc2cc(C)cc(C)c2)c(=O)n3C)CC1. The molecule has 1 fully saturated rings. The highest BCUT2D eigenvalue weighted by atomic mass is 16.2. The van der Waals surface area contributed by atoms with Crippen LogP contribution in [-0.2, 0) is 23.2 Å². The van der Waals surface area contributed by atoms with Gasteiger partial charge < -0.3 is 15.1 Å². The first-order valence-electron chi connectivity index (χ1n) is 11.1. The molecule has 0 saturated carbocycles. The minimum Gasteiger partial charge on any atom is -0.367 e. The molecule has 178 valence electrons. The van der Waals surface area contributed by atoms with Crippen molar-refractivity contribution in [3.8, 4) is 0 Å². The number of piperazine rings is 1. The molecule has 1 aromatic carbocycles. The molecule has 10 nitrogen and oxygen atoms in total. The van der Waals surface area contributed by atoms with Crippen LogP contribution < -0.4 is 21.5 Å². The number of nitrogens with one attached hydrogen (secondary N) is 1. The molecule has 1 aliphatic heterocycles. The summed E-state index contributed by atoms with van der Waals surface area (Å²) in [6, 6.07) is 7.38. The van der Waals surface area contributed by atoms with Crippen LogP contribution in [-0.4, -0.2) is 57.0 Å². The first kappa shape index (κ1) is 23.2. The average Bonchev–Trinajstić information content (AvgIpc) is 2.79. The lowest BCUT2D eigenvalue weighted by molar-refractivity contribution is -0.129. The van der Waals surface area contributed by atoms with Gasteiger partial charge in [0.05, 0.1) is 5.69 Å². The van der Waals surface area contributed by atoms with Gasteiger partial charge >= 0.3 is 5.69 Å². The highest BCUT2D eigenvalue weighted by Crippen LogP contribution is 2.23. The van der Waals surface area contributed by atoms with Crippen molar-refractivity contribution in [3.63, 3.8) is 0 Å². The molecule has 0 radical (unpaired) electrons. The van der Waals surface area contributed by atoms with Crippen LogP contribution in [0.5, 0.6) is 0 Å². The van der Waals surface area contributed by atoms with Crippen molar-refractivity contribution in [1.29, 1.82) is 0 Å². The van der Waals surface area contributed by atoms with Gasteiger partial charge in [0.1, 0.15) is 11.9 Å². The molecule has 0 unspecified atom stereocenters. The lowest BCUT2D eigenvalue weighted by Crippen LogP contribution is -2.49. The molecule has 1 aliphatic rings. The molecule has 1 N–H and O–H groups in total. The molecule has 3 aromatic rings. The van der Waals surface area contributed by atoms with E-state index < -0.39 is 23.7 Å². The van der Waals surface area contributed by atoms with Crippen LogP contribution in [0.3, 0.4) is 0 Å². The molecule has 2 aromatic heterocycles. The van der Waals surface area contributed by atoms with Gasteiger partial charge in [-0.25, -0.2) is 9.78 Å². The van der Waals surface area contributed by atoms with E-state index in [2.05, 4.69) is 10.3 Å². The fraction of sp³-hybridized carbons (Fsp3) is 0.375. The summed E-state index contributed by atoms with van der Waals surface area (Å²) in [6.07, 6.45) is 1.56. The summed E-state index contributed by atoms with van der Waals surface area (Å²) in [6.45, 7) is 7.15. The van der Waals surface area contributed by atoms with Gasteiger partial charge in [-0.2, -0.15) is 0 Å². The smallest absolute Gasteiger partial charge is 0.332 e. The van der Waals surface area contributed by atoms with E-state index in [9.17, 15) is 19.2 Å². The number of fused-ring (bicyclic) bond motifs is 1. The molecular weight excluding hydrogens is 436 g/mol. The van der Waals surface area contributed by atoms with E-state index in [1.54, 1.807) is 17.2 Å². The van der Waals surface area contributed by atoms with Gasteiger partial charge in [0.15, 0.2) is 5.65 Å². The number of hydrogen-bond acceptors (Lipinski definition) is 6. The summed E-state index contributed by atoms with van der Waals surface area (Å²) < 4.78 is 2.23. The predicted octanol–water partition coefficient (Wildman–Crippen LogP) is 1.02. The fourth-order valence-electron chi connectivity index (χ4n) is 4.45. The summed E-state index contributed by atoms with van der Waals surface area (Å²) in [7, 11) is 1.53. The zero-order chi connectivity index (χ0) is 24.6. The monoisotopic (exact) mass is 464 g/mol. The number of rotatable bonds is 4. The molecule has 0 spiro atoms. The highest BCUT2D eigenvalue weighted by molar-refractivity contribution is 5.92. The summed E-state index contributed by atoms with van der Waals surface area (Å²) in [4.78, 5) is 58.9. The topological polar surface area (TPSA) is 110 Å². The Morgan fingerprint density at radius 2 is 1.68 bits per heavy atom. The van der Waals surface area contributed by atoms with Crippen LogP contribution in [0.25, 0.3) is 11.0 Å². The van der Waals surface area contributed by atoms with Gasteiger partial charge in [0, 0.05) is 52.0 Å². The van der Waals surface area contributed by atoms with Crippen LogP contribution in [0.2, 0.25) is 0 Å². The van der Waals surface area contributed by atoms with Crippen molar-refractivity contribution < 1.29 is 9.59 Å². The maximum absolute atomic E-state index is 13.5. The fourth-order valence-corrected chi connectivity index (χ4v) is 4.45.